The Hall–Kier alpha value is -2.62. The van der Waals surface area contributed by atoms with E-state index in [2.05, 4.69) is 30.9 Å². The van der Waals surface area contributed by atoms with Gasteiger partial charge in [-0.1, -0.05) is 30.6 Å². The first-order chi connectivity index (χ1) is 18.1. The van der Waals surface area contributed by atoms with Gasteiger partial charge in [-0.25, -0.2) is 0 Å². The highest BCUT2D eigenvalue weighted by atomic mass is 32.2. The molecule has 5 nitrogen and oxygen atoms in total. The molecule has 1 aromatic carbocycles. The van der Waals surface area contributed by atoms with E-state index in [1.54, 1.807) is 13.2 Å². The zero-order chi connectivity index (χ0) is 27.2. The second-order valence-corrected chi connectivity index (χ2v) is 12.9. The third-order valence-electron chi connectivity index (χ3n) is 9.77. The van der Waals surface area contributed by atoms with Gasteiger partial charge in [0.2, 0.25) is 0 Å². The summed E-state index contributed by atoms with van der Waals surface area (Å²) in [6, 6.07) is 8.07. The van der Waals surface area contributed by atoms with Crippen LogP contribution in [0.25, 0.3) is 0 Å². The smallest absolute Gasteiger partial charge is 0.303 e. The Morgan fingerprint density at radius 1 is 1.16 bits per heavy atom. The summed E-state index contributed by atoms with van der Waals surface area (Å²) in [6.07, 6.45) is 9.03. The standard InChI is InChI=1S/C32H36O5S/c1-5-15-32(29(35)19-37-20(2)33)16-14-28-26-12-8-22-17-23(34)9-13-25(22)30(26)27(18-31(28,32)3)21-6-10-24(11-7-21)38(4)36/h6-7,10-11,17,26-28H,8-9,12-14,16,18-19H2,1-4H3/t26-,27+,28-,31-,32+,38?/m0/s1. The van der Waals surface area contributed by atoms with Gasteiger partial charge in [0.1, 0.15) is 6.26 Å². The molecule has 0 saturated heterocycles. The molecule has 0 amide bonds. The molecule has 38 heavy (non-hydrogen) atoms. The number of hydrogen-bond acceptors (Lipinski definition) is 5. The number of ketones is 2. The van der Waals surface area contributed by atoms with E-state index in [1.165, 1.54) is 23.6 Å². The second-order valence-electron chi connectivity index (χ2n) is 11.5. The molecular weight excluding hydrogens is 496 g/mol. The van der Waals surface area contributed by atoms with Crippen LogP contribution in [0.1, 0.15) is 77.2 Å². The lowest BCUT2D eigenvalue weighted by molar-refractivity contribution is -0.150. The van der Waals surface area contributed by atoms with Gasteiger partial charge in [0, 0.05) is 19.3 Å². The van der Waals surface area contributed by atoms with Gasteiger partial charge in [-0.3, -0.25) is 14.4 Å². The summed E-state index contributed by atoms with van der Waals surface area (Å²) in [5.41, 5.74) is 3.86. The van der Waals surface area contributed by atoms with Crippen molar-refractivity contribution < 1.29 is 23.7 Å². The molecule has 5 rings (SSSR count). The molecule has 1 unspecified atom stereocenters. The topological polar surface area (TPSA) is 83.5 Å². The van der Waals surface area contributed by atoms with Gasteiger partial charge in [0.15, 0.2) is 23.1 Å². The second kappa shape index (κ2) is 10.2. The summed E-state index contributed by atoms with van der Waals surface area (Å²) in [6.45, 7) is 5.10. The molecule has 2 saturated carbocycles. The monoisotopic (exact) mass is 532 g/mol. The molecule has 2 fully saturated rings. The first kappa shape index (κ1) is 27.0. The zero-order valence-corrected chi connectivity index (χ0v) is 23.5. The number of fused-ring (bicyclic) bond motifs is 4. The highest BCUT2D eigenvalue weighted by Gasteiger charge is 2.65. The normalized spacial score (nSPS) is 32.7. The molecule has 0 bridgehead atoms. The summed E-state index contributed by atoms with van der Waals surface area (Å²) in [5, 5.41) is 0. The largest absolute Gasteiger partial charge is 0.612 e. The zero-order valence-electron chi connectivity index (χ0n) is 22.7. The number of ether oxygens (including phenoxy) is 1. The van der Waals surface area contributed by atoms with Crippen LogP contribution in [0, 0.1) is 34.5 Å². The maximum absolute atomic E-state index is 13.8. The molecule has 1 aromatic rings. The molecule has 0 radical (unpaired) electrons. The predicted molar refractivity (Wildman–Crippen MR) is 147 cm³/mol. The molecule has 0 aliphatic heterocycles. The summed E-state index contributed by atoms with van der Waals surface area (Å²) in [7, 11) is 0. The summed E-state index contributed by atoms with van der Waals surface area (Å²) < 4.78 is 17.3. The summed E-state index contributed by atoms with van der Waals surface area (Å²) >= 11 is -1.06. The number of esters is 1. The number of hydrogen-bond donors (Lipinski definition) is 0. The fourth-order valence-electron chi connectivity index (χ4n) is 8.12. The Balaban J connectivity index is 1.66. The minimum absolute atomic E-state index is 0.0742. The van der Waals surface area contributed by atoms with Crippen molar-refractivity contribution in [2.75, 3.05) is 12.9 Å². The fraction of sp³-hybridized carbons (Fsp3) is 0.531. The first-order valence-electron chi connectivity index (χ1n) is 13.6. The summed E-state index contributed by atoms with van der Waals surface area (Å²) in [4.78, 5) is 38.5. The Labute approximate surface area is 228 Å². The van der Waals surface area contributed by atoms with E-state index in [1.807, 2.05) is 18.2 Å². The van der Waals surface area contributed by atoms with Crippen LogP contribution in [0.4, 0.5) is 0 Å². The highest BCUT2D eigenvalue weighted by molar-refractivity contribution is 7.90. The van der Waals surface area contributed by atoms with Crippen molar-refractivity contribution in [3.63, 3.8) is 0 Å². The van der Waals surface area contributed by atoms with Crippen molar-refractivity contribution in [3.05, 3.63) is 52.6 Å². The van der Waals surface area contributed by atoms with Crippen molar-refractivity contribution in [1.29, 1.82) is 0 Å². The Kier molecular flexibility index (Phi) is 7.22. The number of allylic oxidation sites excluding steroid dienone is 4. The first-order valence-corrected chi connectivity index (χ1v) is 15.2. The van der Waals surface area contributed by atoms with Crippen LogP contribution >= 0.6 is 0 Å². The van der Waals surface area contributed by atoms with E-state index >= 15 is 0 Å². The van der Waals surface area contributed by atoms with Gasteiger partial charge >= 0.3 is 5.97 Å². The van der Waals surface area contributed by atoms with E-state index in [9.17, 15) is 18.9 Å². The lowest BCUT2D eigenvalue weighted by atomic mass is 9.48. The molecular formula is C32H36O5S. The molecule has 6 atom stereocenters. The number of carbonyl (C=O) groups is 3. The molecule has 0 heterocycles. The van der Waals surface area contributed by atoms with Gasteiger partial charge in [0.05, 0.1) is 5.41 Å². The van der Waals surface area contributed by atoms with Crippen LogP contribution in [0.5, 0.6) is 0 Å². The quantitative estimate of drug-likeness (QED) is 0.285. The number of Topliss-reactive ketones (excluding diaryl/α,β-unsaturated/α-hetero) is 1. The predicted octanol–water partition coefficient (Wildman–Crippen LogP) is 5.47. The third kappa shape index (κ3) is 4.28. The van der Waals surface area contributed by atoms with Gasteiger partial charge < -0.3 is 9.29 Å². The minimum atomic E-state index is -1.06. The van der Waals surface area contributed by atoms with Crippen molar-refractivity contribution >= 4 is 28.7 Å². The van der Waals surface area contributed by atoms with Crippen molar-refractivity contribution in [1.82, 2.24) is 0 Å². The molecule has 0 spiro atoms. The van der Waals surface area contributed by atoms with Gasteiger partial charge in [-0.05, 0) is 109 Å². The SMILES string of the molecule is CC#C[C@]1(C(=O)COC(C)=O)CC[C@H]2[C@@H]3CCC4=CC(=O)CCC4=C3[C@@H](c3ccc([S+](C)[O-])cc3)C[C@@]21C. The van der Waals surface area contributed by atoms with E-state index in [-0.39, 0.29) is 30.0 Å². The number of rotatable bonds is 5. The summed E-state index contributed by atoms with van der Waals surface area (Å²) in [5.74, 6) is 6.76. The lowest BCUT2D eigenvalue weighted by Crippen LogP contribution is -2.51. The van der Waals surface area contributed by atoms with Gasteiger partial charge in [-0.2, -0.15) is 0 Å². The molecule has 200 valence electrons. The minimum Gasteiger partial charge on any atom is -0.612 e. The van der Waals surface area contributed by atoms with Crippen molar-refractivity contribution in [3.8, 4) is 11.8 Å². The van der Waals surface area contributed by atoms with Crippen LogP contribution in [0.3, 0.4) is 0 Å². The molecule has 4 aliphatic rings. The molecule has 6 heteroatoms. The van der Waals surface area contributed by atoms with E-state index in [0.29, 0.717) is 18.8 Å². The van der Waals surface area contributed by atoms with Crippen LogP contribution in [-0.4, -0.2) is 35.0 Å². The van der Waals surface area contributed by atoms with Crippen LogP contribution in [0.15, 0.2) is 52.0 Å². The number of carbonyl (C=O) groups excluding carboxylic acids is 3. The molecule has 0 N–H and O–H groups in total. The Morgan fingerprint density at radius 2 is 1.89 bits per heavy atom. The average molecular weight is 533 g/mol. The van der Waals surface area contributed by atoms with Crippen LogP contribution in [-0.2, 0) is 30.3 Å². The Bertz CT molecular complexity index is 1290. The fourth-order valence-corrected chi connectivity index (χ4v) is 8.63. The number of benzene rings is 1. The molecule has 0 aromatic heterocycles. The van der Waals surface area contributed by atoms with E-state index in [4.69, 9.17) is 4.74 Å². The third-order valence-corrected chi connectivity index (χ3v) is 10.7. The lowest BCUT2D eigenvalue weighted by Gasteiger charge is -2.54. The van der Waals surface area contributed by atoms with Crippen molar-refractivity contribution in [2.45, 2.75) is 76.5 Å². The van der Waals surface area contributed by atoms with Gasteiger partial charge in [0.25, 0.3) is 0 Å². The maximum Gasteiger partial charge on any atom is 0.303 e. The molecule has 4 aliphatic carbocycles. The van der Waals surface area contributed by atoms with Crippen LogP contribution in [0.2, 0.25) is 0 Å². The maximum atomic E-state index is 13.8. The Morgan fingerprint density at radius 3 is 2.55 bits per heavy atom. The van der Waals surface area contributed by atoms with Gasteiger partial charge in [-0.15, -0.1) is 5.92 Å². The van der Waals surface area contributed by atoms with E-state index in [0.717, 1.165) is 42.6 Å². The van der Waals surface area contributed by atoms with Crippen LogP contribution < -0.4 is 0 Å². The van der Waals surface area contributed by atoms with E-state index < -0.39 is 28.0 Å². The highest BCUT2D eigenvalue weighted by Crippen LogP contribution is 2.69. The van der Waals surface area contributed by atoms with Crippen molar-refractivity contribution in [2.24, 2.45) is 22.7 Å². The average Bonchev–Trinajstić information content (AvgIpc) is 3.19.